The van der Waals surface area contributed by atoms with Gasteiger partial charge in [-0.15, -0.1) is 11.3 Å². The van der Waals surface area contributed by atoms with Crippen LogP contribution >= 0.6 is 11.3 Å². The summed E-state index contributed by atoms with van der Waals surface area (Å²) in [6, 6.07) is 6.72. The van der Waals surface area contributed by atoms with Crippen LogP contribution in [0.5, 0.6) is 0 Å². The molecule has 5 rings (SSSR count). The van der Waals surface area contributed by atoms with Crippen LogP contribution in [-0.4, -0.2) is 66.4 Å². The number of nitrogens with one attached hydrogen (secondary N) is 2. The van der Waals surface area contributed by atoms with Crippen LogP contribution in [0.25, 0.3) is 10.2 Å². The molecule has 0 aliphatic carbocycles. The van der Waals surface area contributed by atoms with Crippen LogP contribution in [-0.2, 0) is 16.3 Å². The van der Waals surface area contributed by atoms with E-state index in [-0.39, 0.29) is 11.6 Å². The van der Waals surface area contributed by atoms with Crippen LogP contribution in [0, 0.1) is 4.78 Å². The Morgan fingerprint density at radius 2 is 1.97 bits per heavy atom. The molecule has 11 heteroatoms. The monoisotopic (exact) mass is 485 g/mol. The minimum Gasteiger partial charge on any atom is -0.331 e. The summed E-state index contributed by atoms with van der Waals surface area (Å²) < 4.78 is 20.6. The van der Waals surface area contributed by atoms with Crippen LogP contribution in [0.4, 0.5) is 4.79 Å². The van der Waals surface area contributed by atoms with E-state index in [1.54, 1.807) is 16.2 Å². The molecule has 2 fully saturated rings. The molecule has 2 atom stereocenters. The second kappa shape index (κ2) is 8.30. The van der Waals surface area contributed by atoms with Gasteiger partial charge in [-0.3, -0.25) is 4.90 Å². The second-order valence-corrected chi connectivity index (χ2v) is 12.1. The first-order valence-electron chi connectivity index (χ1n) is 10.9. The summed E-state index contributed by atoms with van der Waals surface area (Å²) in [7, 11) is -2.85. The number of benzene rings is 1. The molecular formula is C22H27N7O2S2. The van der Waals surface area contributed by atoms with Gasteiger partial charge in [0.1, 0.15) is 5.82 Å². The number of thiazole rings is 1. The average molecular weight is 486 g/mol. The summed E-state index contributed by atoms with van der Waals surface area (Å²) in [5.41, 5.74) is 3.97. The van der Waals surface area contributed by atoms with E-state index in [1.807, 2.05) is 5.51 Å². The Balaban J connectivity index is 1.21. The zero-order chi connectivity index (χ0) is 23.2. The highest BCUT2D eigenvalue weighted by molar-refractivity contribution is 7.91. The molecule has 2 N–H and O–H groups in total. The molecule has 3 aromatic rings. The highest BCUT2D eigenvalue weighted by Crippen LogP contribution is 2.33. The third-order valence-corrected chi connectivity index (χ3v) is 8.68. The quantitative estimate of drug-likeness (QED) is 0.573. The molecule has 2 amide bonds. The van der Waals surface area contributed by atoms with Crippen LogP contribution in [0.1, 0.15) is 37.2 Å². The number of aromatic nitrogens is 3. The smallest absolute Gasteiger partial charge is 0.318 e. The van der Waals surface area contributed by atoms with Gasteiger partial charge in [-0.2, -0.15) is 0 Å². The van der Waals surface area contributed by atoms with E-state index in [2.05, 4.69) is 50.3 Å². The predicted molar refractivity (Wildman–Crippen MR) is 128 cm³/mol. The van der Waals surface area contributed by atoms with Crippen molar-refractivity contribution in [2.75, 3.05) is 25.9 Å². The number of amides is 2. The van der Waals surface area contributed by atoms with E-state index in [1.165, 1.54) is 28.9 Å². The fourth-order valence-electron chi connectivity index (χ4n) is 4.67. The summed E-state index contributed by atoms with van der Waals surface area (Å²) in [6.07, 6.45) is 5.95. The first-order chi connectivity index (χ1) is 15.7. The lowest BCUT2D eigenvalue weighted by Gasteiger charge is -2.41. The molecule has 33 heavy (non-hydrogen) atoms. The second-order valence-electron chi connectivity index (χ2n) is 9.04. The van der Waals surface area contributed by atoms with Crippen LogP contribution in [0.2, 0.25) is 0 Å². The van der Waals surface area contributed by atoms with E-state index >= 15 is 0 Å². The number of rotatable bonds is 5. The number of likely N-dealkylation sites (tertiary alicyclic amines) is 1. The molecule has 0 radical (unpaired) electrons. The van der Waals surface area contributed by atoms with Gasteiger partial charge in [0.2, 0.25) is 0 Å². The summed E-state index contributed by atoms with van der Waals surface area (Å²) in [4.78, 5) is 30.1. The minimum absolute atomic E-state index is 0.0991. The van der Waals surface area contributed by atoms with Crippen LogP contribution in [0.15, 0.2) is 41.0 Å². The predicted octanol–water partition coefficient (Wildman–Crippen LogP) is 3.24. The van der Waals surface area contributed by atoms with Crippen molar-refractivity contribution < 1.29 is 9.00 Å². The highest BCUT2D eigenvalue weighted by atomic mass is 32.2. The lowest BCUT2D eigenvalue weighted by atomic mass is 9.87. The maximum atomic E-state index is 12.7. The molecular weight excluding hydrogens is 458 g/mol. The van der Waals surface area contributed by atoms with Crippen molar-refractivity contribution in [3.05, 3.63) is 47.5 Å². The number of urea groups is 1. The number of piperidine rings is 1. The average Bonchev–Trinajstić information content (AvgIpc) is 3.37. The maximum absolute atomic E-state index is 12.7. The van der Waals surface area contributed by atoms with E-state index in [4.69, 9.17) is 4.78 Å². The number of hydrogen-bond acceptors (Lipinski definition) is 8. The standard InChI is InChI=1S/C22H27N7O2S2/c1-15(16-3-4-19-18(9-16)26-14-32-19)28-7-5-22(6-8-28)13-29(21(30)27-22)12-20-24-10-17(11-25-20)33(2,23)31/h3-4,9-11,14-15,23H,5-8,12-13H2,1-2H3,(H,27,30)/t15-,33-/m1/s1. The van der Waals surface area contributed by atoms with Crippen molar-refractivity contribution in [3.8, 4) is 0 Å². The Labute approximate surface area is 197 Å². The van der Waals surface area contributed by atoms with Gasteiger partial charge in [0, 0.05) is 44.3 Å². The molecule has 0 saturated carbocycles. The summed E-state index contributed by atoms with van der Waals surface area (Å²) in [5.74, 6) is 0.484. The molecule has 0 bridgehead atoms. The number of fused-ring (bicyclic) bond motifs is 1. The summed E-state index contributed by atoms with van der Waals surface area (Å²) >= 11 is 1.66. The number of carbonyl (C=O) groups is 1. The number of carbonyl (C=O) groups excluding carboxylic acids is 1. The van der Waals surface area contributed by atoms with Gasteiger partial charge in [-0.25, -0.2) is 28.7 Å². The van der Waals surface area contributed by atoms with Gasteiger partial charge in [-0.1, -0.05) is 6.07 Å². The van der Waals surface area contributed by atoms with Gasteiger partial charge < -0.3 is 10.2 Å². The normalized spacial score (nSPS) is 21.3. The van der Waals surface area contributed by atoms with Gasteiger partial charge in [0.15, 0.2) is 0 Å². The first kappa shape index (κ1) is 22.2. The Morgan fingerprint density at radius 1 is 1.24 bits per heavy atom. The lowest BCUT2D eigenvalue weighted by molar-refractivity contribution is 0.115. The highest BCUT2D eigenvalue weighted by Gasteiger charge is 2.45. The Morgan fingerprint density at radius 3 is 2.67 bits per heavy atom. The lowest BCUT2D eigenvalue weighted by Crippen LogP contribution is -2.52. The molecule has 4 heterocycles. The van der Waals surface area contributed by atoms with Crippen molar-refractivity contribution in [1.82, 2.24) is 30.1 Å². The molecule has 2 aliphatic heterocycles. The third kappa shape index (κ3) is 4.44. The first-order valence-corrected chi connectivity index (χ1v) is 13.8. The number of hydrogen-bond donors (Lipinski definition) is 2. The molecule has 1 spiro atoms. The summed E-state index contributed by atoms with van der Waals surface area (Å²) in [5, 5.41) is 3.22. The van der Waals surface area contributed by atoms with Crippen molar-refractivity contribution in [3.63, 3.8) is 0 Å². The Bertz CT molecular complexity index is 1280. The van der Waals surface area contributed by atoms with Crippen LogP contribution < -0.4 is 5.32 Å². The SMILES string of the molecule is C[C@H](c1ccc2scnc2c1)N1CCC2(CC1)CN(Cc1ncc([S@](C)(=N)=O)cn1)C(=O)N2. The molecule has 174 valence electrons. The van der Waals surface area contributed by atoms with Crippen LogP contribution in [0.3, 0.4) is 0 Å². The molecule has 1 aromatic carbocycles. The fourth-order valence-corrected chi connectivity index (χ4v) is 5.84. The summed E-state index contributed by atoms with van der Waals surface area (Å²) in [6.45, 7) is 4.96. The van der Waals surface area contributed by atoms with Gasteiger partial charge >= 0.3 is 6.03 Å². The van der Waals surface area contributed by atoms with Gasteiger partial charge in [0.25, 0.3) is 0 Å². The maximum Gasteiger partial charge on any atom is 0.318 e. The molecule has 9 nitrogen and oxygen atoms in total. The van der Waals surface area contributed by atoms with E-state index in [0.29, 0.717) is 29.9 Å². The zero-order valence-electron chi connectivity index (χ0n) is 18.7. The topological polar surface area (TPSA) is 115 Å². The molecule has 0 unspecified atom stereocenters. The zero-order valence-corrected chi connectivity index (χ0v) is 20.3. The Kier molecular flexibility index (Phi) is 5.58. The van der Waals surface area contributed by atoms with Crippen molar-refractivity contribution in [1.29, 1.82) is 4.78 Å². The number of nitrogens with zero attached hydrogens (tertiary/aromatic N) is 5. The minimum atomic E-state index is -2.85. The molecule has 2 aromatic heterocycles. The molecule has 2 aliphatic rings. The van der Waals surface area contributed by atoms with Gasteiger partial charge in [-0.05, 0) is 37.5 Å². The van der Waals surface area contributed by atoms with Crippen molar-refractivity contribution in [2.24, 2.45) is 0 Å². The Hall–Kier alpha value is -2.63. The van der Waals surface area contributed by atoms with Gasteiger partial charge in [0.05, 0.1) is 42.4 Å². The third-order valence-electron chi connectivity index (χ3n) is 6.76. The largest absolute Gasteiger partial charge is 0.331 e. The molecule has 2 saturated heterocycles. The van der Waals surface area contributed by atoms with E-state index in [0.717, 1.165) is 31.4 Å². The van der Waals surface area contributed by atoms with Crippen molar-refractivity contribution in [2.45, 2.75) is 42.8 Å². The fraction of sp³-hybridized carbons (Fsp3) is 0.455. The van der Waals surface area contributed by atoms with Crippen molar-refractivity contribution >= 4 is 37.3 Å². The van der Waals surface area contributed by atoms with E-state index in [9.17, 15) is 9.00 Å². The van der Waals surface area contributed by atoms with E-state index < -0.39 is 9.73 Å².